The number of carbonyl (C=O) groups is 1. The topological polar surface area (TPSA) is 99.6 Å². The molecule has 0 saturated carbocycles. The molecule has 0 aliphatic heterocycles. The lowest BCUT2D eigenvalue weighted by Crippen LogP contribution is -2.18. The van der Waals surface area contributed by atoms with E-state index in [1.165, 1.54) is 11.1 Å². The van der Waals surface area contributed by atoms with Gasteiger partial charge in [0.15, 0.2) is 0 Å². The predicted octanol–water partition coefficient (Wildman–Crippen LogP) is 4.88. The molecule has 180 valence electrons. The highest BCUT2D eigenvalue weighted by Crippen LogP contribution is 2.41. The third-order valence-corrected chi connectivity index (χ3v) is 6.67. The number of hydrogen-bond donors (Lipinski definition) is 2. The van der Waals surface area contributed by atoms with E-state index in [1.807, 2.05) is 41.2 Å². The molecular formula is C28H29N3O4. The summed E-state index contributed by atoms with van der Waals surface area (Å²) in [5, 5.41) is 14.7. The Morgan fingerprint density at radius 1 is 1.20 bits per heavy atom. The minimum Gasteiger partial charge on any atom is -0.496 e. The number of aliphatic carboxylic acids is 1. The Morgan fingerprint density at radius 2 is 2.06 bits per heavy atom. The van der Waals surface area contributed by atoms with E-state index in [0.717, 1.165) is 52.7 Å². The van der Waals surface area contributed by atoms with Gasteiger partial charge in [0.25, 0.3) is 0 Å². The van der Waals surface area contributed by atoms with Crippen LogP contribution in [0.4, 0.5) is 5.69 Å². The Hall–Kier alpha value is -4.00. The van der Waals surface area contributed by atoms with Crippen LogP contribution in [0.25, 0.3) is 22.0 Å². The molecule has 3 aromatic carbocycles. The largest absolute Gasteiger partial charge is 0.496 e. The molecule has 5 rings (SSSR count). The number of ether oxygens (including phenoxy) is 2. The Balaban J connectivity index is 1.53. The number of benzene rings is 3. The van der Waals surface area contributed by atoms with Gasteiger partial charge in [0, 0.05) is 42.3 Å². The van der Waals surface area contributed by atoms with Gasteiger partial charge in [-0.15, -0.1) is 0 Å². The summed E-state index contributed by atoms with van der Waals surface area (Å²) in [5.74, 6) is 0.670. The molecule has 0 amide bonds. The fourth-order valence-electron chi connectivity index (χ4n) is 4.98. The SMILES string of the molecule is CCn1ncc2cc(-c3cc(CCC(=O)O)cc(N)c3OC3Cc4cccc(OC)c4C3)ccc21. The number of aryl methyl sites for hydroxylation is 2. The second-order valence-electron chi connectivity index (χ2n) is 8.94. The van der Waals surface area contributed by atoms with Gasteiger partial charge >= 0.3 is 5.97 Å². The lowest BCUT2D eigenvalue weighted by molar-refractivity contribution is -0.136. The van der Waals surface area contributed by atoms with Crippen molar-refractivity contribution < 1.29 is 19.4 Å². The maximum absolute atomic E-state index is 11.2. The summed E-state index contributed by atoms with van der Waals surface area (Å²) in [6, 6.07) is 16.1. The lowest BCUT2D eigenvalue weighted by Gasteiger charge is -2.20. The monoisotopic (exact) mass is 471 g/mol. The van der Waals surface area contributed by atoms with Gasteiger partial charge in [0.05, 0.1) is 24.5 Å². The van der Waals surface area contributed by atoms with Crippen molar-refractivity contribution in [3.05, 3.63) is 71.4 Å². The van der Waals surface area contributed by atoms with Gasteiger partial charge in [0.2, 0.25) is 0 Å². The molecule has 1 aliphatic rings. The molecule has 0 radical (unpaired) electrons. The van der Waals surface area contributed by atoms with Crippen LogP contribution in [0.5, 0.6) is 11.5 Å². The Morgan fingerprint density at radius 3 is 2.83 bits per heavy atom. The molecule has 0 fully saturated rings. The molecule has 4 aromatic rings. The summed E-state index contributed by atoms with van der Waals surface area (Å²) >= 11 is 0. The summed E-state index contributed by atoms with van der Waals surface area (Å²) < 4.78 is 14.1. The zero-order valence-electron chi connectivity index (χ0n) is 20.0. The standard InChI is InChI=1S/C28H29N3O4/c1-3-31-25-9-8-19(13-20(25)16-30-31)23-11-17(7-10-27(32)33)12-24(29)28(23)35-21-14-18-5-4-6-26(34-2)22(18)15-21/h4-6,8-9,11-13,16,21H,3,7,10,14-15,29H2,1-2H3,(H,32,33). The van der Waals surface area contributed by atoms with Crippen molar-refractivity contribution in [1.29, 1.82) is 0 Å². The number of fused-ring (bicyclic) bond motifs is 2. The molecule has 1 unspecified atom stereocenters. The first kappa shape index (κ1) is 22.8. The van der Waals surface area contributed by atoms with Crippen LogP contribution >= 0.6 is 0 Å². The van der Waals surface area contributed by atoms with E-state index in [1.54, 1.807) is 7.11 Å². The van der Waals surface area contributed by atoms with Crippen LogP contribution in [-0.2, 0) is 30.6 Å². The number of carboxylic acids is 1. The number of methoxy groups -OCH3 is 1. The minimum atomic E-state index is -0.837. The number of carboxylic acid groups (broad SMARTS) is 1. The zero-order valence-corrected chi connectivity index (χ0v) is 20.0. The van der Waals surface area contributed by atoms with E-state index >= 15 is 0 Å². The van der Waals surface area contributed by atoms with E-state index in [9.17, 15) is 9.90 Å². The second-order valence-corrected chi connectivity index (χ2v) is 8.94. The maximum atomic E-state index is 11.2. The van der Waals surface area contributed by atoms with Gasteiger partial charge < -0.3 is 20.3 Å². The third kappa shape index (κ3) is 4.41. The second kappa shape index (κ2) is 9.33. The smallest absolute Gasteiger partial charge is 0.303 e. The molecule has 7 nitrogen and oxygen atoms in total. The van der Waals surface area contributed by atoms with Crippen molar-refractivity contribution >= 4 is 22.6 Å². The van der Waals surface area contributed by atoms with Gasteiger partial charge in [-0.1, -0.05) is 18.2 Å². The van der Waals surface area contributed by atoms with E-state index in [2.05, 4.69) is 30.2 Å². The van der Waals surface area contributed by atoms with Gasteiger partial charge in [0.1, 0.15) is 17.6 Å². The first-order valence-electron chi connectivity index (χ1n) is 11.9. The van der Waals surface area contributed by atoms with Gasteiger partial charge in [-0.25, -0.2) is 0 Å². The number of hydrogen-bond acceptors (Lipinski definition) is 5. The van der Waals surface area contributed by atoms with Crippen molar-refractivity contribution in [2.45, 2.75) is 45.3 Å². The quantitative estimate of drug-likeness (QED) is 0.356. The van der Waals surface area contributed by atoms with E-state index in [0.29, 0.717) is 17.9 Å². The van der Waals surface area contributed by atoms with Crippen molar-refractivity contribution in [2.24, 2.45) is 0 Å². The summed E-state index contributed by atoms with van der Waals surface area (Å²) in [6.07, 6.45) is 3.74. The van der Waals surface area contributed by atoms with Crippen molar-refractivity contribution in [3.8, 4) is 22.6 Å². The van der Waals surface area contributed by atoms with Crippen molar-refractivity contribution in [1.82, 2.24) is 9.78 Å². The number of rotatable bonds is 8. The highest BCUT2D eigenvalue weighted by molar-refractivity contribution is 5.88. The maximum Gasteiger partial charge on any atom is 0.303 e. The van der Waals surface area contributed by atoms with E-state index in [4.69, 9.17) is 15.2 Å². The van der Waals surface area contributed by atoms with Crippen LogP contribution in [0.15, 0.2) is 54.7 Å². The Kier molecular flexibility index (Phi) is 6.07. The normalized spacial score (nSPS) is 14.7. The molecule has 1 aromatic heterocycles. The molecule has 0 spiro atoms. The van der Waals surface area contributed by atoms with Crippen LogP contribution in [0, 0.1) is 0 Å². The highest BCUT2D eigenvalue weighted by atomic mass is 16.5. The summed E-state index contributed by atoms with van der Waals surface area (Å²) in [5.41, 5.74) is 13.2. The van der Waals surface area contributed by atoms with Crippen LogP contribution < -0.4 is 15.2 Å². The van der Waals surface area contributed by atoms with Crippen LogP contribution in [0.1, 0.15) is 30.0 Å². The molecule has 7 heteroatoms. The minimum absolute atomic E-state index is 0.0408. The summed E-state index contributed by atoms with van der Waals surface area (Å²) in [6.45, 7) is 2.86. The molecular weight excluding hydrogens is 442 g/mol. The van der Waals surface area contributed by atoms with E-state index in [-0.39, 0.29) is 12.5 Å². The third-order valence-electron chi connectivity index (χ3n) is 6.67. The zero-order chi connectivity index (χ0) is 24.5. The van der Waals surface area contributed by atoms with E-state index < -0.39 is 5.97 Å². The number of nitrogens with two attached hydrogens (primary N) is 1. The molecule has 1 atom stereocenters. The molecule has 3 N–H and O–H groups in total. The molecule has 1 heterocycles. The van der Waals surface area contributed by atoms with Gasteiger partial charge in [-0.3, -0.25) is 9.48 Å². The number of nitrogen functional groups attached to an aromatic ring is 1. The number of nitrogens with zero attached hydrogens (tertiary/aromatic N) is 2. The van der Waals surface area contributed by atoms with Crippen molar-refractivity contribution in [3.63, 3.8) is 0 Å². The molecule has 0 saturated heterocycles. The Bertz CT molecular complexity index is 1410. The van der Waals surface area contributed by atoms with Crippen molar-refractivity contribution in [2.75, 3.05) is 12.8 Å². The average Bonchev–Trinajstić information content (AvgIpc) is 3.46. The van der Waals surface area contributed by atoms with Gasteiger partial charge in [-0.05, 0) is 60.4 Å². The average molecular weight is 472 g/mol. The number of anilines is 1. The molecule has 1 aliphatic carbocycles. The fourth-order valence-corrected chi connectivity index (χ4v) is 4.98. The first-order valence-corrected chi connectivity index (χ1v) is 11.9. The van der Waals surface area contributed by atoms with Crippen LogP contribution in [0.3, 0.4) is 0 Å². The van der Waals surface area contributed by atoms with Crippen LogP contribution in [0.2, 0.25) is 0 Å². The summed E-state index contributed by atoms with van der Waals surface area (Å²) in [7, 11) is 1.69. The van der Waals surface area contributed by atoms with Crippen LogP contribution in [-0.4, -0.2) is 34.1 Å². The first-order chi connectivity index (χ1) is 17.0. The fraction of sp³-hybridized carbons (Fsp3) is 0.286. The lowest BCUT2D eigenvalue weighted by atomic mass is 9.97. The summed E-state index contributed by atoms with van der Waals surface area (Å²) in [4.78, 5) is 11.2. The molecule has 35 heavy (non-hydrogen) atoms. The molecule has 0 bridgehead atoms. The predicted molar refractivity (Wildman–Crippen MR) is 136 cm³/mol. The number of aromatic nitrogens is 2. The highest BCUT2D eigenvalue weighted by Gasteiger charge is 2.27. The Labute approximate surface area is 204 Å². The van der Waals surface area contributed by atoms with Gasteiger partial charge in [-0.2, -0.15) is 5.10 Å².